The van der Waals surface area contributed by atoms with E-state index < -0.39 is 12.7 Å². The lowest BCUT2D eigenvalue weighted by atomic mass is 9.80. The van der Waals surface area contributed by atoms with Gasteiger partial charge in [-0.05, 0) is 44.6 Å². The zero-order chi connectivity index (χ0) is 17.7. The summed E-state index contributed by atoms with van der Waals surface area (Å²) < 4.78 is 11.2. The van der Waals surface area contributed by atoms with E-state index in [1.165, 1.54) is 0 Å². The van der Waals surface area contributed by atoms with Crippen LogP contribution in [0.2, 0.25) is 0 Å². The lowest BCUT2D eigenvalue weighted by Gasteiger charge is -2.28. The zero-order valence-electron chi connectivity index (χ0n) is 15.1. The third-order valence-electron chi connectivity index (χ3n) is 3.86. The molecule has 1 atom stereocenters. The lowest BCUT2D eigenvalue weighted by molar-refractivity contribution is 0.00883. The van der Waals surface area contributed by atoms with E-state index in [-0.39, 0.29) is 27.1 Å². The van der Waals surface area contributed by atoms with Crippen LogP contribution in [0.5, 0.6) is 0 Å². The Morgan fingerprint density at radius 3 is 2.52 bits per heavy atom. The van der Waals surface area contributed by atoms with Crippen LogP contribution in [0.25, 0.3) is 0 Å². The van der Waals surface area contributed by atoms with Crippen molar-refractivity contribution < 1.29 is 25.7 Å². The quantitative estimate of drug-likeness (QED) is 0.770. The van der Waals surface area contributed by atoms with Crippen molar-refractivity contribution >= 4 is 32.2 Å². The van der Waals surface area contributed by atoms with E-state index in [9.17, 15) is 4.79 Å². The van der Waals surface area contributed by atoms with Gasteiger partial charge in [0.25, 0.3) is 0 Å². The van der Waals surface area contributed by atoms with E-state index in [0.717, 1.165) is 18.4 Å². The molecule has 1 fully saturated rings. The van der Waals surface area contributed by atoms with Gasteiger partial charge in [-0.2, -0.15) is 13.5 Å². The summed E-state index contributed by atoms with van der Waals surface area (Å²) in [5.41, 5.74) is 0.899. The van der Waals surface area contributed by atoms with Crippen molar-refractivity contribution in [2.24, 2.45) is 0 Å². The van der Waals surface area contributed by atoms with Crippen molar-refractivity contribution in [3.63, 3.8) is 0 Å². The zero-order valence-corrected chi connectivity index (χ0v) is 16.1. The number of carbonyl (C=O) groups is 1. The number of amides is 1. The molecule has 0 aromatic heterocycles. The second-order valence-corrected chi connectivity index (χ2v) is 7.10. The molecule has 0 unspecified atom stereocenters. The maximum absolute atomic E-state index is 12.2. The second kappa shape index (κ2) is 9.47. The van der Waals surface area contributed by atoms with Gasteiger partial charge in [0.05, 0.1) is 19.3 Å². The molecule has 0 aliphatic carbocycles. The molecule has 142 valence electrons. The molecule has 0 spiro atoms. The molecule has 0 bridgehead atoms. The Morgan fingerprint density at radius 1 is 1.32 bits per heavy atom. The first-order chi connectivity index (χ1) is 11.3. The van der Waals surface area contributed by atoms with E-state index in [1.807, 2.05) is 20.8 Å². The van der Waals surface area contributed by atoms with Gasteiger partial charge in [-0.25, -0.2) is 4.79 Å². The monoisotopic (exact) mass is 371 g/mol. The van der Waals surface area contributed by atoms with Crippen molar-refractivity contribution in [2.75, 3.05) is 13.2 Å². The maximum Gasteiger partial charge on any atom is 0.488 e. The third kappa shape index (κ3) is 6.89. The average molecular weight is 371 g/mol. The number of hydrogen-bond donors (Lipinski definition) is 2. The van der Waals surface area contributed by atoms with Gasteiger partial charge in [-0.15, -0.1) is 0 Å². The van der Waals surface area contributed by atoms with Crippen LogP contribution in [-0.2, 0) is 16.1 Å². The minimum atomic E-state index is -1.46. The molecule has 0 saturated carbocycles. The minimum Gasteiger partial charge on any atom is -0.444 e. The molecule has 2 N–H and O–H groups in total. The maximum atomic E-state index is 12.2. The first-order valence-corrected chi connectivity index (χ1v) is 8.28. The molecular formula is C17H30BNO5S. The molecule has 1 amide bonds. The number of likely N-dealkylation sites (tertiary alicyclic amines) is 1. The molecular weight excluding hydrogens is 341 g/mol. The summed E-state index contributed by atoms with van der Waals surface area (Å²) in [5.74, 6) is 0. The van der Waals surface area contributed by atoms with Crippen LogP contribution in [0.3, 0.4) is 0 Å². The SMILES string of the molecule is CC(C)(C)OC(=O)N1CCC[C@H]1COCc1ccc(B(O)O)cc1.S.[HH]. The number of benzene rings is 1. The summed E-state index contributed by atoms with van der Waals surface area (Å²) in [7, 11) is -1.46. The third-order valence-corrected chi connectivity index (χ3v) is 3.86. The van der Waals surface area contributed by atoms with E-state index in [0.29, 0.717) is 25.2 Å². The summed E-state index contributed by atoms with van der Waals surface area (Å²) in [5, 5.41) is 18.1. The number of ether oxygens (including phenoxy) is 2. The Kier molecular flexibility index (Phi) is 8.27. The fourth-order valence-electron chi connectivity index (χ4n) is 2.67. The minimum absolute atomic E-state index is 0. The normalized spacial score (nSPS) is 17.2. The highest BCUT2D eigenvalue weighted by molar-refractivity contribution is 7.59. The molecule has 0 radical (unpaired) electrons. The lowest BCUT2D eigenvalue weighted by Crippen LogP contribution is -2.41. The molecule has 1 aliphatic heterocycles. The molecule has 6 nitrogen and oxygen atoms in total. The molecule has 1 aromatic carbocycles. The van der Waals surface area contributed by atoms with Crippen molar-refractivity contribution in [3.05, 3.63) is 29.8 Å². The Bertz CT molecular complexity index is 553. The van der Waals surface area contributed by atoms with Crippen molar-refractivity contribution in [2.45, 2.75) is 51.9 Å². The highest BCUT2D eigenvalue weighted by Crippen LogP contribution is 2.21. The van der Waals surface area contributed by atoms with Crippen molar-refractivity contribution in [1.29, 1.82) is 0 Å². The predicted molar refractivity (Wildman–Crippen MR) is 104 cm³/mol. The molecule has 2 rings (SSSR count). The summed E-state index contributed by atoms with van der Waals surface area (Å²) in [6.45, 7) is 7.16. The van der Waals surface area contributed by atoms with Gasteiger partial charge in [0.2, 0.25) is 0 Å². The van der Waals surface area contributed by atoms with Gasteiger partial charge in [-0.1, -0.05) is 24.3 Å². The number of rotatable bonds is 5. The van der Waals surface area contributed by atoms with Crippen LogP contribution < -0.4 is 5.46 Å². The molecule has 1 aliphatic rings. The Balaban J connectivity index is 0.00000312. The molecule has 8 heteroatoms. The fourth-order valence-corrected chi connectivity index (χ4v) is 2.67. The van der Waals surface area contributed by atoms with Crippen molar-refractivity contribution in [1.82, 2.24) is 4.90 Å². The summed E-state index contributed by atoms with van der Waals surface area (Å²) in [4.78, 5) is 14.0. The standard InChI is InChI=1S/C17H26BNO5.H2S.H2/c1-17(2,3)24-16(20)19-10-4-5-15(19)12-23-11-13-6-8-14(9-7-13)18(21)22;;/h6-9,15,21-22H,4-5,10-12H2,1-3H3;1H2;1H/t15-;;/m0../s1. The molecule has 1 aromatic rings. The topological polar surface area (TPSA) is 79.2 Å². The Labute approximate surface area is 158 Å². The Hall–Kier alpha value is -1.22. The van der Waals surface area contributed by atoms with Crippen LogP contribution >= 0.6 is 13.5 Å². The van der Waals surface area contributed by atoms with Gasteiger partial charge in [-0.3, -0.25) is 0 Å². The molecule has 1 heterocycles. The number of hydrogen-bond acceptors (Lipinski definition) is 5. The van der Waals surface area contributed by atoms with Crippen molar-refractivity contribution in [3.8, 4) is 0 Å². The second-order valence-electron chi connectivity index (χ2n) is 7.10. The van der Waals surface area contributed by atoms with E-state index >= 15 is 0 Å². The van der Waals surface area contributed by atoms with Gasteiger partial charge in [0.15, 0.2) is 0 Å². The van der Waals surface area contributed by atoms with Crippen LogP contribution in [-0.4, -0.2) is 53.0 Å². The first-order valence-electron chi connectivity index (χ1n) is 8.28. The number of nitrogens with zero attached hydrogens (tertiary/aromatic N) is 1. The summed E-state index contributed by atoms with van der Waals surface area (Å²) in [6, 6.07) is 6.96. The highest BCUT2D eigenvalue weighted by Gasteiger charge is 2.32. The fraction of sp³-hybridized carbons (Fsp3) is 0.588. The van der Waals surface area contributed by atoms with Gasteiger partial charge < -0.3 is 24.4 Å². The highest BCUT2D eigenvalue weighted by atomic mass is 32.1. The van der Waals surface area contributed by atoms with E-state index in [1.54, 1.807) is 29.2 Å². The average Bonchev–Trinajstić information content (AvgIpc) is 2.94. The Morgan fingerprint density at radius 2 is 1.96 bits per heavy atom. The van der Waals surface area contributed by atoms with Crippen LogP contribution in [0.1, 0.15) is 40.6 Å². The van der Waals surface area contributed by atoms with Crippen LogP contribution in [0, 0.1) is 0 Å². The smallest absolute Gasteiger partial charge is 0.444 e. The molecule has 1 saturated heterocycles. The largest absolute Gasteiger partial charge is 0.488 e. The van der Waals surface area contributed by atoms with Crippen LogP contribution in [0.4, 0.5) is 4.79 Å². The summed E-state index contributed by atoms with van der Waals surface area (Å²) in [6.07, 6.45) is 1.58. The van der Waals surface area contributed by atoms with Gasteiger partial charge in [0.1, 0.15) is 5.60 Å². The van der Waals surface area contributed by atoms with E-state index in [4.69, 9.17) is 19.5 Å². The van der Waals surface area contributed by atoms with Gasteiger partial charge >= 0.3 is 13.2 Å². The van der Waals surface area contributed by atoms with Gasteiger partial charge in [0, 0.05) is 7.97 Å². The summed E-state index contributed by atoms with van der Waals surface area (Å²) >= 11 is 0. The van der Waals surface area contributed by atoms with Crippen LogP contribution in [0.15, 0.2) is 24.3 Å². The van der Waals surface area contributed by atoms with E-state index in [2.05, 4.69) is 0 Å². The predicted octanol–water partition coefficient (Wildman–Crippen LogP) is 1.64. The number of carbonyl (C=O) groups excluding carboxylic acids is 1. The molecule has 25 heavy (non-hydrogen) atoms. The first kappa shape index (κ1) is 21.8.